The quantitative estimate of drug-likeness (QED) is 0.872. The van der Waals surface area contributed by atoms with Crippen molar-refractivity contribution in [2.45, 2.75) is 38.8 Å². The van der Waals surface area contributed by atoms with Crippen LogP contribution >= 0.6 is 0 Å². The highest BCUT2D eigenvalue weighted by molar-refractivity contribution is 6.11. The Morgan fingerprint density at radius 2 is 1.95 bits per heavy atom. The lowest BCUT2D eigenvalue weighted by atomic mass is 9.96. The first kappa shape index (κ1) is 14.1. The number of rotatable bonds is 4. The van der Waals surface area contributed by atoms with E-state index in [0.717, 1.165) is 41.5 Å². The van der Waals surface area contributed by atoms with Crippen molar-refractivity contribution in [1.82, 2.24) is 5.32 Å². The Morgan fingerprint density at radius 1 is 1.19 bits per heavy atom. The van der Waals surface area contributed by atoms with Crippen LogP contribution in [0.1, 0.15) is 37.0 Å². The molecule has 0 aliphatic carbocycles. The van der Waals surface area contributed by atoms with Crippen molar-refractivity contribution in [3.8, 4) is 5.75 Å². The van der Waals surface area contributed by atoms with Gasteiger partial charge < -0.3 is 10.1 Å². The van der Waals surface area contributed by atoms with Crippen molar-refractivity contribution >= 4 is 16.6 Å². The Hall–Kier alpha value is -1.87. The minimum atomic E-state index is -0.0368. The Labute approximate surface area is 125 Å². The summed E-state index contributed by atoms with van der Waals surface area (Å²) in [5.41, 5.74) is 0.793. The number of nitrogens with one attached hydrogen (secondary N) is 1. The first-order valence-electron chi connectivity index (χ1n) is 7.63. The maximum Gasteiger partial charge on any atom is 0.180 e. The molecule has 0 saturated carbocycles. The average Bonchev–Trinajstić information content (AvgIpc) is 3.01. The minimum absolute atomic E-state index is 0.0368. The highest BCUT2D eigenvalue weighted by Crippen LogP contribution is 2.30. The normalized spacial score (nSPS) is 18.3. The van der Waals surface area contributed by atoms with Crippen LogP contribution < -0.4 is 10.1 Å². The first-order chi connectivity index (χ1) is 10.2. The van der Waals surface area contributed by atoms with E-state index in [0.29, 0.717) is 0 Å². The molecule has 1 aliphatic heterocycles. The molecule has 0 spiro atoms. The van der Waals surface area contributed by atoms with Crippen LogP contribution in [0, 0.1) is 0 Å². The van der Waals surface area contributed by atoms with E-state index in [9.17, 15) is 4.79 Å². The number of ketones is 1. The number of Topliss-reactive ketones (excluding diaryl/α,β-unsaturated/α-hetero) is 1. The van der Waals surface area contributed by atoms with E-state index in [1.807, 2.05) is 50.2 Å². The standard InChI is InChI=1S/C18H21NO2/c1-12(2)21-17-10-9-15(13-6-3-4-7-14(13)17)18(20)16-8-5-11-19-16/h3-4,6-7,9-10,12,16,19H,5,8,11H2,1-2H3. The lowest BCUT2D eigenvalue weighted by Gasteiger charge is -2.16. The van der Waals surface area contributed by atoms with Crippen LogP contribution in [0.15, 0.2) is 36.4 Å². The van der Waals surface area contributed by atoms with Crippen molar-refractivity contribution in [2.24, 2.45) is 0 Å². The molecule has 1 heterocycles. The number of benzene rings is 2. The van der Waals surface area contributed by atoms with E-state index in [2.05, 4.69) is 5.32 Å². The molecule has 1 atom stereocenters. The number of hydrogen-bond acceptors (Lipinski definition) is 3. The van der Waals surface area contributed by atoms with Gasteiger partial charge in [-0.15, -0.1) is 0 Å². The SMILES string of the molecule is CC(C)Oc1ccc(C(=O)C2CCCN2)c2ccccc12. The van der Waals surface area contributed by atoms with E-state index in [1.54, 1.807) is 0 Å². The molecule has 1 aliphatic rings. The Morgan fingerprint density at radius 3 is 2.62 bits per heavy atom. The summed E-state index contributed by atoms with van der Waals surface area (Å²) in [4.78, 5) is 12.7. The van der Waals surface area contributed by atoms with Crippen LogP contribution in [0.2, 0.25) is 0 Å². The minimum Gasteiger partial charge on any atom is -0.490 e. The molecule has 2 aromatic carbocycles. The second-order valence-corrected chi connectivity index (χ2v) is 5.84. The highest BCUT2D eigenvalue weighted by Gasteiger charge is 2.25. The van der Waals surface area contributed by atoms with Gasteiger partial charge >= 0.3 is 0 Å². The topological polar surface area (TPSA) is 38.3 Å². The van der Waals surface area contributed by atoms with Gasteiger partial charge in [0.15, 0.2) is 5.78 Å². The van der Waals surface area contributed by atoms with Gasteiger partial charge in [-0.3, -0.25) is 4.79 Å². The summed E-state index contributed by atoms with van der Waals surface area (Å²) in [6, 6.07) is 11.8. The summed E-state index contributed by atoms with van der Waals surface area (Å²) in [5.74, 6) is 1.04. The largest absolute Gasteiger partial charge is 0.490 e. The Kier molecular flexibility index (Phi) is 3.93. The zero-order valence-corrected chi connectivity index (χ0v) is 12.6. The maximum absolute atomic E-state index is 12.7. The van der Waals surface area contributed by atoms with Gasteiger partial charge in [-0.2, -0.15) is 0 Å². The van der Waals surface area contributed by atoms with Gasteiger partial charge in [-0.1, -0.05) is 24.3 Å². The zero-order valence-electron chi connectivity index (χ0n) is 12.6. The molecule has 0 aromatic heterocycles. The highest BCUT2D eigenvalue weighted by atomic mass is 16.5. The Balaban J connectivity index is 2.06. The second-order valence-electron chi connectivity index (χ2n) is 5.84. The molecule has 0 bridgehead atoms. The summed E-state index contributed by atoms with van der Waals surface area (Å²) >= 11 is 0. The summed E-state index contributed by atoms with van der Waals surface area (Å²) in [6.07, 6.45) is 2.12. The van der Waals surface area contributed by atoms with E-state index in [1.165, 1.54) is 0 Å². The van der Waals surface area contributed by atoms with Crippen molar-refractivity contribution < 1.29 is 9.53 Å². The maximum atomic E-state index is 12.7. The molecule has 3 heteroatoms. The van der Waals surface area contributed by atoms with Crippen LogP contribution in [0.5, 0.6) is 5.75 Å². The van der Waals surface area contributed by atoms with Crippen LogP contribution in [0.25, 0.3) is 10.8 Å². The number of fused-ring (bicyclic) bond motifs is 1. The summed E-state index contributed by atoms with van der Waals surface area (Å²) < 4.78 is 5.86. The second kappa shape index (κ2) is 5.86. The number of carbonyl (C=O) groups excluding carboxylic acids is 1. The fourth-order valence-corrected chi connectivity index (χ4v) is 2.94. The predicted molar refractivity (Wildman–Crippen MR) is 85.1 cm³/mol. The van der Waals surface area contributed by atoms with E-state index < -0.39 is 0 Å². The number of carbonyl (C=O) groups is 1. The van der Waals surface area contributed by atoms with Gasteiger partial charge in [0.05, 0.1) is 12.1 Å². The van der Waals surface area contributed by atoms with E-state index in [-0.39, 0.29) is 17.9 Å². The molecule has 110 valence electrons. The number of hydrogen-bond donors (Lipinski definition) is 1. The van der Waals surface area contributed by atoms with Crippen LogP contribution in [-0.2, 0) is 0 Å². The smallest absolute Gasteiger partial charge is 0.180 e. The van der Waals surface area contributed by atoms with Gasteiger partial charge in [-0.25, -0.2) is 0 Å². The molecular weight excluding hydrogens is 262 g/mol. The molecule has 1 N–H and O–H groups in total. The summed E-state index contributed by atoms with van der Waals surface area (Å²) in [5, 5.41) is 5.28. The third-order valence-electron chi connectivity index (χ3n) is 3.89. The zero-order chi connectivity index (χ0) is 14.8. The molecule has 0 amide bonds. The van der Waals surface area contributed by atoms with Crippen molar-refractivity contribution in [3.05, 3.63) is 42.0 Å². The molecular formula is C18H21NO2. The van der Waals surface area contributed by atoms with Crippen molar-refractivity contribution in [1.29, 1.82) is 0 Å². The molecule has 0 radical (unpaired) electrons. The molecule has 21 heavy (non-hydrogen) atoms. The molecule has 2 aromatic rings. The number of ether oxygens (including phenoxy) is 1. The first-order valence-corrected chi connectivity index (χ1v) is 7.63. The lowest BCUT2D eigenvalue weighted by Crippen LogP contribution is -2.30. The van der Waals surface area contributed by atoms with Gasteiger partial charge in [0.2, 0.25) is 0 Å². The fourth-order valence-electron chi connectivity index (χ4n) is 2.94. The predicted octanol–water partition coefficient (Wildman–Crippen LogP) is 3.56. The molecule has 1 saturated heterocycles. The van der Waals surface area contributed by atoms with Crippen LogP contribution in [0.3, 0.4) is 0 Å². The van der Waals surface area contributed by atoms with E-state index in [4.69, 9.17) is 4.74 Å². The third kappa shape index (κ3) is 2.79. The fraction of sp³-hybridized carbons (Fsp3) is 0.389. The Bertz CT molecular complexity index is 657. The lowest BCUT2D eigenvalue weighted by molar-refractivity contribution is 0.0954. The van der Waals surface area contributed by atoms with Gasteiger partial charge in [0.25, 0.3) is 0 Å². The van der Waals surface area contributed by atoms with E-state index >= 15 is 0 Å². The van der Waals surface area contributed by atoms with Gasteiger partial charge in [0, 0.05) is 10.9 Å². The molecule has 3 nitrogen and oxygen atoms in total. The third-order valence-corrected chi connectivity index (χ3v) is 3.89. The van der Waals surface area contributed by atoms with Crippen molar-refractivity contribution in [2.75, 3.05) is 6.54 Å². The molecule has 1 unspecified atom stereocenters. The average molecular weight is 283 g/mol. The summed E-state index contributed by atoms with van der Waals surface area (Å²) in [6.45, 7) is 4.95. The molecule has 3 rings (SSSR count). The molecule has 1 fully saturated rings. The van der Waals surface area contributed by atoms with Crippen molar-refractivity contribution in [3.63, 3.8) is 0 Å². The summed E-state index contributed by atoms with van der Waals surface area (Å²) in [7, 11) is 0. The van der Waals surface area contributed by atoms with Gasteiger partial charge in [-0.05, 0) is 50.8 Å². The van der Waals surface area contributed by atoms with Gasteiger partial charge in [0.1, 0.15) is 5.75 Å². The van der Waals surface area contributed by atoms with Crippen LogP contribution in [0.4, 0.5) is 0 Å². The van der Waals surface area contributed by atoms with Crippen LogP contribution in [-0.4, -0.2) is 24.5 Å². The monoisotopic (exact) mass is 283 g/mol.